The number of nitrogens with zero attached hydrogens (tertiary/aromatic N) is 2. The van der Waals surface area contributed by atoms with E-state index in [1.54, 1.807) is 14.1 Å². The first-order valence-corrected chi connectivity index (χ1v) is 8.69. The Hall–Kier alpha value is -2.84. The summed E-state index contributed by atoms with van der Waals surface area (Å²) in [5, 5.41) is 15.4. The Kier molecular flexibility index (Phi) is 7.66. The summed E-state index contributed by atoms with van der Waals surface area (Å²) in [6.07, 6.45) is 0. The van der Waals surface area contributed by atoms with E-state index in [-0.39, 0.29) is 0 Å². The van der Waals surface area contributed by atoms with Gasteiger partial charge < -0.3 is 10.6 Å². The number of hydrogen-bond acceptors (Lipinski definition) is 4. The first kappa shape index (κ1) is 19.5. The molecule has 0 spiro atoms. The van der Waals surface area contributed by atoms with E-state index >= 15 is 0 Å². The van der Waals surface area contributed by atoms with Gasteiger partial charge in [-0.15, -0.1) is 0 Å². The quantitative estimate of drug-likeness (QED) is 0.359. The van der Waals surface area contributed by atoms with Crippen molar-refractivity contribution in [2.75, 3.05) is 14.1 Å². The van der Waals surface area contributed by atoms with Gasteiger partial charge in [-0.3, -0.25) is 10.9 Å². The van der Waals surface area contributed by atoms with Crippen molar-refractivity contribution in [2.24, 2.45) is 10.2 Å². The number of rotatable bonds is 5. The van der Waals surface area contributed by atoms with Crippen LogP contribution in [0.4, 0.5) is 0 Å². The summed E-state index contributed by atoms with van der Waals surface area (Å²) >= 11 is 10.3. The van der Waals surface area contributed by atoms with E-state index in [9.17, 15) is 0 Å². The molecule has 0 atom stereocenters. The van der Waals surface area contributed by atoms with Crippen molar-refractivity contribution in [3.05, 3.63) is 71.8 Å². The highest BCUT2D eigenvalue weighted by Gasteiger charge is 2.15. The van der Waals surface area contributed by atoms with Gasteiger partial charge in [-0.2, -0.15) is 10.2 Å². The molecule has 8 heteroatoms. The molecular formula is C18H20N6S2. The Morgan fingerprint density at radius 2 is 1.00 bits per heavy atom. The Bertz CT molecular complexity index is 733. The molecule has 0 aliphatic heterocycles. The number of hydrogen-bond donors (Lipinski definition) is 4. The van der Waals surface area contributed by atoms with Crippen LogP contribution in [0.5, 0.6) is 0 Å². The van der Waals surface area contributed by atoms with Crippen molar-refractivity contribution in [1.29, 1.82) is 0 Å². The lowest BCUT2D eigenvalue weighted by atomic mass is 10.00. The van der Waals surface area contributed by atoms with Crippen LogP contribution in [0.25, 0.3) is 0 Å². The van der Waals surface area contributed by atoms with Crippen LogP contribution in [0.1, 0.15) is 11.1 Å². The molecule has 0 saturated heterocycles. The van der Waals surface area contributed by atoms with Gasteiger partial charge in [0.25, 0.3) is 0 Å². The van der Waals surface area contributed by atoms with Crippen LogP contribution in [0, 0.1) is 0 Å². The third kappa shape index (κ3) is 5.61. The van der Waals surface area contributed by atoms with Gasteiger partial charge in [-0.1, -0.05) is 60.7 Å². The predicted molar refractivity (Wildman–Crippen MR) is 116 cm³/mol. The Morgan fingerprint density at radius 1 is 0.654 bits per heavy atom. The lowest BCUT2D eigenvalue weighted by molar-refractivity contribution is 0.967. The molecule has 0 unspecified atom stereocenters. The van der Waals surface area contributed by atoms with Gasteiger partial charge in [0.1, 0.15) is 11.4 Å². The fraction of sp³-hybridized carbons (Fsp3) is 0.111. The van der Waals surface area contributed by atoms with E-state index < -0.39 is 0 Å². The Balaban J connectivity index is 2.53. The summed E-state index contributed by atoms with van der Waals surface area (Å²) in [5.41, 5.74) is 8.69. The Morgan fingerprint density at radius 3 is 1.31 bits per heavy atom. The molecular weight excluding hydrogens is 364 g/mol. The molecule has 0 heterocycles. The van der Waals surface area contributed by atoms with Crippen molar-refractivity contribution in [3.8, 4) is 0 Å². The second-order valence-electron chi connectivity index (χ2n) is 5.03. The zero-order valence-corrected chi connectivity index (χ0v) is 16.1. The predicted octanol–water partition coefficient (Wildman–Crippen LogP) is 1.98. The standard InChI is InChI=1S/C18H20N6S2/c1-19-17(25)23-21-15(13-9-5-3-6-10-13)16(22-24-18(26)20-2)14-11-7-4-8-12-14/h3-12H,1-2H3,(H2,19,23,25)(H2,20,24,26)/b21-15+,22-16+. The zero-order chi connectivity index (χ0) is 18.8. The molecule has 4 N–H and O–H groups in total. The average Bonchev–Trinajstić information content (AvgIpc) is 2.71. The number of nitrogens with one attached hydrogen (secondary N) is 4. The summed E-state index contributed by atoms with van der Waals surface area (Å²) in [6, 6.07) is 19.5. The van der Waals surface area contributed by atoms with E-state index in [0.29, 0.717) is 21.6 Å². The fourth-order valence-electron chi connectivity index (χ4n) is 2.03. The fourth-order valence-corrected chi connectivity index (χ4v) is 2.12. The van der Waals surface area contributed by atoms with Gasteiger partial charge in [-0.25, -0.2) is 0 Å². The minimum Gasteiger partial charge on any atom is -0.364 e. The van der Waals surface area contributed by atoms with Crippen LogP contribution in [0.15, 0.2) is 70.9 Å². The summed E-state index contributed by atoms with van der Waals surface area (Å²) < 4.78 is 0. The third-order valence-electron chi connectivity index (χ3n) is 3.31. The highest BCUT2D eigenvalue weighted by atomic mass is 32.1. The van der Waals surface area contributed by atoms with Crippen molar-refractivity contribution in [1.82, 2.24) is 21.5 Å². The van der Waals surface area contributed by atoms with Gasteiger partial charge in [0.05, 0.1) is 0 Å². The van der Waals surface area contributed by atoms with Crippen molar-refractivity contribution < 1.29 is 0 Å². The van der Waals surface area contributed by atoms with Crippen LogP contribution < -0.4 is 21.5 Å². The Labute approximate surface area is 163 Å². The number of benzene rings is 2. The maximum Gasteiger partial charge on any atom is 0.186 e. The van der Waals surface area contributed by atoms with E-state index in [1.807, 2.05) is 60.7 Å². The van der Waals surface area contributed by atoms with Gasteiger partial charge >= 0.3 is 0 Å². The highest BCUT2D eigenvalue weighted by Crippen LogP contribution is 2.10. The molecule has 6 nitrogen and oxygen atoms in total. The van der Waals surface area contributed by atoms with Crippen molar-refractivity contribution >= 4 is 46.1 Å². The first-order chi connectivity index (χ1) is 12.7. The number of thiocarbonyl (C=S) groups is 2. The van der Waals surface area contributed by atoms with Crippen LogP contribution in [0.2, 0.25) is 0 Å². The maximum absolute atomic E-state index is 5.14. The molecule has 26 heavy (non-hydrogen) atoms. The molecule has 0 saturated carbocycles. The summed E-state index contributed by atoms with van der Waals surface area (Å²) in [5.74, 6) is 0. The van der Waals surface area contributed by atoms with Crippen molar-refractivity contribution in [2.45, 2.75) is 0 Å². The topological polar surface area (TPSA) is 72.8 Å². The lowest BCUT2D eigenvalue weighted by Crippen LogP contribution is -2.33. The van der Waals surface area contributed by atoms with E-state index in [2.05, 4.69) is 31.7 Å². The second kappa shape index (κ2) is 10.2. The van der Waals surface area contributed by atoms with Crippen LogP contribution in [-0.4, -0.2) is 35.7 Å². The summed E-state index contributed by atoms with van der Waals surface area (Å²) in [7, 11) is 3.46. The minimum absolute atomic E-state index is 0.407. The van der Waals surface area contributed by atoms with Gasteiger partial charge in [0.2, 0.25) is 0 Å². The van der Waals surface area contributed by atoms with Gasteiger partial charge in [0.15, 0.2) is 10.2 Å². The SMILES string of the molecule is CNC(=S)N/N=C(/C(=N/NC(=S)NC)c1ccccc1)c1ccccc1. The normalized spacial score (nSPS) is 11.5. The zero-order valence-electron chi connectivity index (χ0n) is 14.5. The molecule has 134 valence electrons. The first-order valence-electron chi connectivity index (χ1n) is 7.87. The molecule has 0 bridgehead atoms. The van der Waals surface area contributed by atoms with Crippen LogP contribution in [-0.2, 0) is 0 Å². The smallest absolute Gasteiger partial charge is 0.186 e. The van der Waals surface area contributed by atoms with Crippen LogP contribution >= 0.6 is 24.4 Å². The molecule has 0 aromatic heterocycles. The monoisotopic (exact) mass is 384 g/mol. The highest BCUT2D eigenvalue weighted by molar-refractivity contribution is 7.80. The van der Waals surface area contributed by atoms with Gasteiger partial charge in [-0.05, 0) is 24.4 Å². The third-order valence-corrected chi connectivity index (χ3v) is 3.90. The molecule has 0 aliphatic carbocycles. The summed E-state index contributed by atoms with van der Waals surface area (Å²) in [4.78, 5) is 0. The minimum atomic E-state index is 0.407. The maximum atomic E-state index is 5.14. The largest absolute Gasteiger partial charge is 0.364 e. The van der Waals surface area contributed by atoms with E-state index in [4.69, 9.17) is 24.4 Å². The lowest BCUT2D eigenvalue weighted by Gasteiger charge is -2.13. The molecule has 0 amide bonds. The van der Waals surface area contributed by atoms with Crippen molar-refractivity contribution in [3.63, 3.8) is 0 Å². The molecule has 2 aromatic rings. The van der Waals surface area contributed by atoms with Crippen LogP contribution in [0.3, 0.4) is 0 Å². The molecule has 0 radical (unpaired) electrons. The molecule has 2 rings (SSSR count). The summed E-state index contributed by atoms with van der Waals surface area (Å²) in [6.45, 7) is 0. The molecule has 0 fully saturated rings. The number of hydrazone groups is 2. The van der Waals surface area contributed by atoms with E-state index in [1.165, 1.54) is 0 Å². The average molecular weight is 385 g/mol. The molecule has 2 aromatic carbocycles. The second-order valence-corrected chi connectivity index (χ2v) is 5.85. The van der Waals surface area contributed by atoms with Gasteiger partial charge in [0, 0.05) is 25.2 Å². The van der Waals surface area contributed by atoms with E-state index in [0.717, 1.165) is 11.1 Å². The molecule has 0 aliphatic rings.